The Bertz CT molecular complexity index is 1700. The zero-order valence-corrected chi connectivity index (χ0v) is 24.7. The number of anilines is 1. The maximum atomic E-state index is 13.8. The molecule has 0 spiro atoms. The molecular formula is C35H32N2O4S. The third-order valence-corrected chi connectivity index (χ3v) is 8.63. The number of carbonyl (C=O) groups excluding carboxylic acids is 2. The smallest absolute Gasteiger partial charge is 0.265 e. The Balaban J connectivity index is 1.19. The van der Waals surface area contributed by atoms with Gasteiger partial charge in [0.1, 0.15) is 13.2 Å². The Labute approximate surface area is 250 Å². The molecule has 2 aliphatic heterocycles. The molecule has 4 aromatic carbocycles. The molecule has 0 aliphatic carbocycles. The second-order valence-electron chi connectivity index (χ2n) is 10.6. The number of nitrogens with zero attached hydrogens (tertiary/aromatic N) is 1. The Morgan fingerprint density at radius 2 is 1.71 bits per heavy atom. The number of fused-ring (bicyclic) bond motifs is 2. The Kier molecular flexibility index (Phi) is 7.76. The molecule has 42 heavy (non-hydrogen) atoms. The topological polar surface area (TPSA) is 67.9 Å². The van der Waals surface area contributed by atoms with Crippen molar-refractivity contribution in [3.8, 4) is 11.5 Å². The maximum absolute atomic E-state index is 13.8. The predicted molar refractivity (Wildman–Crippen MR) is 167 cm³/mol. The summed E-state index contributed by atoms with van der Waals surface area (Å²) in [5.74, 6) is 1.21. The van der Waals surface area contributed by atoms with Crippen molar-refractivity contribution in [2.45, 2.75) is 38.3 Å². The van der Waals surface area contributed by atoms with Gasteiger partial charge in [-0.05, 0) is 85.5 Å². The average molecular weight is 577 g/mol. The Hall–Kier alpha value is -4.49. The van der Waals surface area contributed by atoms with Crippen molar-refractivity contribution >= 4 is 35.3 Å². The van der Waals surface area contributed by atoms with Crippen molar-refractivity contribution < 1.29 is 19.1 Å². The Morgan fingerprint density at radius 3 is 2.52 bits per heavy atom. The third-order valence-electron chi connectivity index (χ3n) is 7.55. The molecule has 2 amide bonds. The molecule has 1 N–H and O–H groups in total. The zero-order valence-electron chi connectivity index (χ0n) is 23.8. The maximum Gasteiger partial charge on any atom is 0.265 e. The van der Waals surface area contributed by atoms with E-state index in [0.717, 1.165) is 38.6 Å². The molecule has 7 heteroatoms. The fraction of sp³-hybridized carbons (Fsp3) is 0.200. The summed E-state index contributed by atoms with van der Waals surface area (Å²) in [4.78, 5) is 30.3. The highest BCUT2D eigenvalue weighted by atomic mass is 32.2. The summed E-state index contributed by atoms with van der Waals surface area (Å²) in [6.45, 7) is 7.64. The number of carbonyl (C=O) groups is 2. The first-order chi connectivity index (χ1) is 20.4. The molecule has 2 heterocycles. The van der Waals surface area contributed by atoms with Gasteiger partial charge < -0.3 is 19.7 Å². The standard InChI is InChI=1S/C35H32N2O4S/c1-22-8-9-23(2)28(18-22)21-37-29-6-4-5-7-32(29)42-33(35(37)39)19-25-10-12-26(13-11-25)34(38)36-24(3)27-14-15-30-31(20-27)41-17-16-40-30/h4-15,18-20,24H,16-17,21H2,1-3H3,(H,36,38). The number of nitrogens with one attached hydrogen (secondary N) is 1. The van der Waals surface area contributed by atoms with Crippen LogP contribution in [0.3, 0.4) is 0 Å². The number of ether oxygens (including phenoxy) is 2. The van der Waals surface area contributed by atoms with Gasteiger partial charge in [-0.25, -0.2) is 0 Å². The van der Waals surface area contributed by atoms with E-state index in [0.29, 0.717) is 36.0 Å². The van der Waals surface area contributed by atoms with Crippen LogP contribution < -0.4 is 19.7 Å². The number of rotatable bonds is 6. The number of hydrogen-bond donors (Lipinski definition) is 1. The molecular weight excluding hydrogens is 544 g/mol. The summed E-state index contributed by atoms with van der Waals surface area (Å²) in [5.41, 5.74) is 6.72. The molecule has 6 nitrogen and oxygen atoms in total. The molecule has 1 unspecified atom stereocenters. The lowest BCUT2D eigenvalue weighted by molar-refractivity contribution is -0.114. The lowest BCUT2D eigenvalue weighted by Gasteiger charge is -2.31. The quantitative estimate of drug-likeness (QED) is 0.245. The molecule has 4 aromatic rings. The van der Waals surface area contributed by atoms with Gasteiger partial charge in [0.25, 0.3) is 11.8 Å². The van der Waals surface area contributed by atoms with Gasteiger partial charge in [-0.3, -0.25) is 9.59 Å². The van der Waals surface area contributed by atoms with Gasteiger partial charge in [0.15, 0.2) is 11.5 Å². The number of aryl methyl sites for hydroxylation is 2. The van der Waals surface area contributed by atoms with Crippen LogP contribution in [0.2, 0.25) is 0 Å². The summed E-state index contributed by atoms with van der Waals surface area (Å²) in [6.07, 6.45) is 1.90. The SMILES string of the molecule is Cc1ccc(C)c(CN2C(=O)C(=Cc3ccc(C(=O)NC(C)c4ccc5c(c4)OCCO5)cc3)Sc3ccccc32)c1. The van der Waals surface area contributed by atoms with Gasteiger partial charge >= 0.3 is 0 Å². The van der Waals surface area contributed by atoms with Crippen molar-refractivity contribution in [3.63, 3.8) is 0 Å². The fourth-order valence-electron chi connectivity index (χ4n) is 5.13. The summed E-state index contributed by atoms with van der Waals surface area (Å²) in [7, 11) is 0. The largest absolute Gasteiger partial charge is 0.486 e. The van der Waals surface area contributed by atoms with Crippen LogP contribution in [-0.2, 0) is 11.3 Å². The summed E-state index contributed by atoms with van der Waals surface area (Å²) >= 11 is 1.48. The number of benzene rings is 4. The second-order valence-corrected chi connectivity index (χ2v) is 11.7. The van der Waals surface area contributed by atoms with Crippen LogP contribution in [0.5, 0.6) is 11.5 Å². The minimum atomic E-state index is -0.213. The summed E-state index contributed by atoms with van der Waals surface area (Å²) in [6, 6.07) is 27.2. The van der Waals surface area contributed by atoms with Gasteiger partial charge in [-0.15, -0.1) is 0 Å². The van der Waals surface area contributed by atoms with E-state index in [2.05, 4.69) is 37.4 Å². The highest BCUT2D eigenvalue weighted by molar-refractivity contribution is 8.04. The monoisotopic (exact) mass is 576 g/mol. The van der Waals surface area contributed by atoms with E-state index in [4.69, 9.17) is 9.47 Å². The lowest BCUT2D eigenvalue weighted by atomic mass is 10.0. The van der Waals surface area contributed by atoms with Gasteiger partial charge in [-0.1, -0.05) is 65.9 Å². The number of amides is 2. The van der Waals surface area contributed by atoms with Crippen molar-refractivity contribution in [2.75, 3.05) is 18.1 Å². The zero-order chi connectivity index (χ0) is 29.2. The molecule has 0 bridgehead atoms. The fourth-order valence-corrected chi connectivity index (χ4v) is 6.19. The highest BCUT2D eigenvalue weighted by Crippen LogP contribution is 2.43. The van der Waals surface area contributed by atoms with Crippen LogP contribution in [0.4, 0.5) is 5.69 Å². The molecule has 0 aromatic heterocycles. The van der Waals surface area contributed by atoms with E-state index < -0.39 is 0 Å². The van der Waals surface area contributed by atoms with Crippen molar-refractivity contribution in [1.29, 1.82) is 0 Å². The molecule has 2 aliphatic rings. The molecule has 0 radical (unpaired) electrons. The van der Waals surface area contributed by atoms with Crippen LogP contribution in [0.15, 0.2) is 94.7 Å². The van der Waals surface area contributed by atoms with Crippen LogP contribution in [-0.4, -0.2) is 25.0 Å². The van der Waals surface area contributed by atoms with E-state index in [1.165, 1.54) is 17.3 Å². The van der Waals surface area contributed by atoms with E-state index in [9.17, 15) is 9.59 Å². The molecule has 1 atom stereocenters. The average Bonchev–Trinajstić information content (AvgIpc) is 3.01. The van der Waals surface area contributed by atoms with Crippen LogP contribution in [0.25, 0.3) is 6.08 Å². The van der Waals surface area contributed by atoms with Crippen LogP contribution in [0.1, 0.15) is 51.1 Å². The van der Waals surface area contributed by atoms with Gasteiger partial charge in [0.05, 0.1) is 23.2 Å². The van der Waals surface area contributed by atoms with E-state index in [1.807, 2.05) is 72.5 Å². The molecule has 6 rings (SSSR count). The van der Waals surface area contributed by atoms with Crippen LogP contribution >= 0.6 is 11.8 Å². The van der Waals surface area contributed by atoms with Gasteiger partial charge in [-0.2, -0.15) is 0 Å². The van der Waals surface area contributed by atoms with Crippen LogP contribution in [0, 0.1) is 13.8 Å². The predicted octanol–water partition coefficient (Wildman–Crippen LogP) is 7.25. The number of para-hydroxylation sites is 1. The summed E-state index contributed by atoms with van der Waals surface area (Å²) in [5, 5.41) is 3.06. The van der Waals surface area contributed by atoms with Gasteiger partial charge in [0.2, 0.25) is 0 Å². The lowest BCUT2D eigenvalue weighted by Crippen LogP contribution is -2.34. The first-order valence-electron chi connectivity index (χ1n) is 14.0. The Morgan fingerprint density at radius 1 is 0.952 bits per heavy atom. The number of thioether (sulfide) groups is 1. The summed E-state index contributed by atoms with van der Waals surface area (Å²) < 4.78 is 11.3. The number of hydrogen-bond acceptors (Lipinski definition) is 5. The van der Waals surface area contributed by atoms with Gasteiger partial charge in [0, 0.05) is 10.5 Å². The normalized spacial score (nSPS) is 15.7. The van der Waals surface area contributed by atoms with E-state index in [1.54, 1.807) is 12.1 Å². The minimum Gasteiger partial charge on any atom is -0.486 e. The third kappa shape index (κ3) is 5.78. The van der Waals surface area contributed by atoms with E-state index in [-0.39, 0.29) is 17.9 Å². The molecule has 0 saturated carbocycles. The van der Waals surface area contributed by atoms with Crippen molar-refractivity contribution in [1.82, 2.24) is 5.32 Å². The highest BCUT2D eigenvalue weighted by Gasteiger charge is 2.29. The second kappa shape index (κ2) is 11.8. The minimum absolute atomic E-state index is 0.0327. The van der Waals surface area contributed by atoms with Crippen molar-refractivity contribution in [2.24, 2.45) is 0 Å². The molecule has 0 fully saturated rings. The molecule has 0 saturated heterocycles. The van der Waals surface area contributed by atoms with E-state index >= 15 is 0 Å². The first kappa shape index (κ1) is 27.7. The first-order valence-corrected chi connectivity index (χ1v) is 14.8. The van der Waals surface area contributed by atoms with Crippen molar-refractivity contribution in [3.05, 3.63) is 123 Å². The molecule has 212 valence electrons.